The number of hydrogen-bond acceptors (Lipinski definition) is 3. The zero-order chi connectivity index (χ0) is 16.5. The number of carbonyl (C=O) groups is 2. The van der Waals surface area contributed by atoms with Gasteiger partial charge in [0.15, 0.2) is 0 Å². The number of anilines is 3. The molecule has 2 aromatic rings. The predicted octanol–water partition coefficient (Wildman–Crippen LogP) is 3.26. The Morgan fingerprint density at radius 2 is 1.67 bits per heavy atom. The van der Waals surface area contributed by atoms with Crippen molar-refractivity contribution in [3.8, 4) is 0 Å². The quantitative estimate of drug-likeness (QED) is 0.809. The second-order valence-corrected chi connectivity index (χ2v) is 6.34. The first kappa shape index (κ1) is 14.8. The van der Waals surface area contributed by atoms with Crippen LogP contribution in [-0.4, -0.2) is 18.4 Å². The fourth-order valence-electron chi connectivity index (χ4n) is 2.88. The Morgan fingerprint density at radius 3 is 2.38 bits per heavy atom. The minimum atomic E-state index is -0.125. The molecule has 0 bridgehead atoms. The molecular weight excluding hydrogens is 302 g/mol. The van der Waals surface area contributed by atoms with E-state index >= 15 is 0 Å². The molecule has 122 valence electrons. The molecule has 1 saturated carbocycles. The van der Waals surface area contributed by atoms with Gasteiger partial charge in [0.1, 0.15) is 0 Å². The molecule has 0 saturated heterocycles. The molecule has 0 radical (unpaired) electrons. The van der Waals surface area contributed by atoms with Gasteiger partial charge in [-0.2, -0.15) is 0 Å². The molecule has 1 aliphatic carbocycles. The maximum Gasteiger partial charge on any atom is 0.255 e. The summed E-state index contributed by atoms with van der Waals surface area (Å²) in [5.74, 6) is 0.136. The molecule has 0 unspecified atom stereocenters. The van der Waals surface area contributed by atoms with E-state index in [0.29, 0.717) is 11.3 Å². The molecule has 2 aliphatic rings. The van der Waals surface area contributed by atoms with Crippen LogP contribution in [0.1, 0.15) is 28.8 Å². The molecule has 3 N–H and O–H groups in total. The van der Waals surface area contributed by atoms with E-state index in [0.717, 1.165) is 37.2 Å². The van der Waals surface area contributed by atoms with Crippen LogP contribution in [0.5, 0.6) is 0 Å². The van der Waals surface area contributed by atoms with E-state index in [-0.39, 0.29) is 17.7 Å². The molecule has 24 heavy (non-hydrogen) atoms. The van der Waals surface area contributed by atoms with E-state index in [1.807, 2.05) is 30.3 Å². The molecule has 5 heteroatoms. The smallest absolute Gasteiger partial charge is 0.255 e. The summed E-state index contributed by atoms with van der Waals surface area (Å²) in [6.07, 6.45) is 2.92. The van der Waals surface area contributed by atoms with E-state index < -0.39 is 0 Å². The topological polar surface area (TPSA) is 70.2 Å². The van der Waals surface area contributed by atoms with Crippen LogP contribution in [0.3, 0.4) is 0 Å². The lowest BCUT2D eigenvalue weighted by Crippen LogP contribution is -2.14. The molecule has 2 aromatic carbocycles. The SMILES string of the molecule is O=C(Nc1ccc(NC(=O)C2CC2)cc1)c1ccc2c(c1)CCN2. The van der Waals surface area contributed by atoms with Gasteiger partial charge in [-0.1, -0.05) is 0 Å². The number of nitrogens with one attached hydrogen (secondary N) is 3. The average Bonchev–Trinajstić information content (AvgIpc) is 3.34. The normalized spacial score (nSPS) is 15.3. The first-order valence-corrected chi connectivity index (χ1v) is 8.28. The second-order valence-electron chi connectivity index (χ2n) is 6.34. The zero-order valence-corrected chi connectivity index (χ0v) is 13.3. The van der Waals surface area contributed by atoms with Gasteiger partial charge < -0.3 is 16.0 Å². The largest absolute Gasteiger partial charge is 0.384 e. The molecule has 4 rings (SSSR count). The van der Waals surface area contributed by atoms with Gasteiger partial charge in [-0.3, -0.25) is 9.59 Å². The number of amides is 2. The van der Waals surface area contributed by atoms with Crippen LogP contribution in [0.15, 0.2) is 42.5 Å². The van der Waals surface area contributed by atoms with Crippen LogP contribution in [0.25, 0.3) is 0 Å². The van der Waals surface area contributed by atoms with Gasteiger partial charge >= 0.3 is 0 Å². The van der Waals surface area contributed by atoms with Crippen molar-refractivity contribution in [2.45, 2.75) is 19.3 Å². The number of carbonyl (C=O) groups excluding carboxylic acids is 2. The van der Waals surface area contributed by atoms with Crippen molar-refractivity contribution < 1.29 is 9.59 Å². The Hall–Kier alpha value is -2.82. The summed E-state index contributed by atoms with van der Waals surface area (Å²) in [7, 11) is 0. The van der Waals surface area contributed by atoms with E-state index in [1.54, 1.807) is 12.1 Å². The van der Waals surface area contributed by atoms with Crippen LogP contribution in [-0.2, 0) is 11.2 Å². The third-order valence-electron chi connectivity index (χ3n) is 4.44. The van der Waals surface area contributed by atoms with Gasteiger partial charge in [0.05, 0.1) is 0 Å². The first-order chi connectivity index (χ1) is 11.7. The monoisotopic (exact) mass is 321 g/mol. The fourth-order valence-corrected chi connectivity index (χ4v) is 2.88. The summed E-state index contributed by atoms with van der Waals surface area (Å²) < 4.78 is 0. The maximum absolute atomic E-state index is 12.4. The summed E-state index contributed by atoms with van der Waals surface area (Å²) in [4.78, 5) is 24.1. The summed E-state index contributed by atoms with van der Waals surface area (Å²) >= 11 is 0. The molecule has 5 nitrogen and oxygen atoms in total. The Balaban J connectivity index is 1.41. The lowest BCUT2D eigenvalue weighted by Gasteiger charge is -2.09. The highest BCUT2D eigenvalue weighted by atomic mass is 16.2. The first-order valence-electron chi connectivity index (χ1n) is 8.28. The minimum Gasteiger partial charge on any atom is -0.384 e. The maximum atomic E-state index is 12.4. The Bertz CT molecular complexity index is 795. The summed E-state index contributed by atoms with van der Waals surface area (Å²) in [6, 6.07) is 12.9. The Labute approximate surface area is 140 Å². The summed E-state index contributed by atoms with van der Waals surface area (Å²) in [6.45, 7) is 0.925. The summed E-state index contributed by atoms with van der Waals surface area (Å²) in [5, 5.41) is 9.06. The molecule has 1 aliphatic heterocycles. The number of rotatable bonds is 4. The highest BCUT2D eigenvalue weighted by Crippen LogP contribution is 2.30. The van der Waals surface area contributed by atoms with E-state index in [9.17, 15) is 9.59 Å². The van der Waals surface area contributed by atoms with Crippen molar-refractivity contribution in [2.24, 2.45) is 5.92 Å². The third-order valence-corrected chi connectivity index (χ3v) is 4.44. The average molecular weight is 321 g/mol. The van der Waals surface area contributed by atoms with Gasteiger partial charge in [-0.05, 0) is 67.3 Å². The fraction of sp³-hybridized carbons (Fsp3) is 0.263. The van der Waals surface area contributed by atoms with E-state index in [1.165, 1.54) is 5.56 Å². The minimum absolute atomic E-state index is 0.0820. The highest BCUT2D eigenvalue weighted by Gasteiger charge is 2.29. The van der Waals surface area contributed by atoms with Crippen molar-refractivity contribution >= 4 is 28.9 Å². The van der Waals surface area contributed by atoms with E-state index in [4.69, 9.17) is 0 Å². The van der Waals surface area contributed by atoms with Crippen molar-refractivity contribution in [2.75, 3.05) is 22.5 Å². The predicted molar refractivity (Wildman–Crippen MR) is 94.4 cm³/mol. The van der Waals surface area contributed by atoms with Crippen molar-refractivity contribution in [1.82, 2.24) is 0 Å². The van der Waals surface area contributed by atoms with Crippen molar-refractivity contribution in [1.29, 1.82) is 0 Å². The number of hydrogen-bond donors (Lipinski definition) is 3. The molecule has 1 heterocycles. The van der Waals surface area contributed by atoms with Gasteiger partial charge in [0, 0.05) is 35.1 Å². The van der Waals surface area contributed by atoms with Gasteiger partial charge in [-0.15, -0.1) is 0 Å². The molecular formula is C19H19N3O2. The van der Waals surface area contributed by atoms with Crippen molar-refractivity contribution in [3.63, 3.8) is 0 Å². The van der Waals surface area contributed by atoms with Crippen LogP contribution in [0, 0.1) is 5.92 Å². The van der Waals surface area contributed by atoms with Crippen molar-refractivity contribution in [3.05, 3.63) is 53.6 Å². The van der Waals surface area contributed by atoms with Crippen LogP contribution < -0.4 is 16.0 Å². The second kappa shape index (κ2) is 6.00. The molecule has 0 spiro atoms. The lowest BCUT2D eigenvalue weighted by atomic mass is 10.1. The summed E-state index contributed by atoms with van der Waals surface area (Å²) in [5.41, 5.74) is 4.42. The standard InChI is InChI=1S/C19H19N3O2/c23-18(12-1-2-12)21-15-4-6-16(7-5-15)22-19(24)14-3-8-17-13(11-14)9-10-20-17/h3-8,11-12,20H,1-2,9-10H2,(H,21,23)(H,22,24). The van der Waals surface area contributed by atoms with E-state index in [2.05, 4.69) is 16.0 Å². The van der Waals surface area contributed by atoms with Gasteiger partial charge in [-0.25, -0.2) is 0 Å². The molecule has 1 fully saturated rings. The van der Waals surface area contributed by atoms with Crippen LogP contribution in [0.4, 0.5) is 17.1 Å². The molecule has 0 aromatic heterocycles. The lowest BCUT2D eigenvalue weighted by molar-refractivity contribution is -0.117. The third kappa shape index (κ3) is 3.11. The highest BCUT2D eigenvalue weighted by molar-refractivity contribution is 6.05. The zero-order valence-electron chi connectivity index (χ0n) is 13.3. The van der Waals surface area contributed by atoms with Gasteiger partial charge in [0.2, 0.25) is 5.91 Å². The number of benzene rings is 2. The molecule has 2 amide bonds. The molecule has 0 atom stereocenters. The van der Waals surface area contributed by atoms with Crippen LogP contribution >= 0.6 is 0 Å². The Kier molecular flexibility index (Phi) is 3.69. The number of fused-ring (bicyclic) bond motifs is 1. The van der Waals surface area contributed by atoms with Gasteiger partial charge in [0.25, 0.3) is 5.91 Å². The Morgan fingerprint density at radius 1 is 0.958 bits per heavy atom. The van der Waals surface area contributed by atoms with Crippen LogP contribution in [0.2, 0.25) is 0 Å².